The number of hydrogen-bond donors (Lipinski definition) is 1. The SMILES string of the molecule is O=C(OC1CC2CCC3C4CCCC4CCC3C2C(C2=COCC=C2)C1)N1CCNCC1. The monoisotopic (exact) mass is 440 g/mol. The van der Waals surface area contributed by atoms with Crippen LogP contribution in [0.2, 0.25) is 0 Å². The zero-order valence-corrected chi connectivity index (χ0v) is 19.4. The van der Waals surface area contributed by atoms with Crippen molar-refractivity contribution < 1.29 is 14.3 Å². The maximum atomic E-state index is 12.9. The average molecular weight is 441 g/mol. The Morgan fingerprint density at radius 3 is 2.66 bits per heavy atom. The number of piperazine rings is 1. The normalized spacial score (nSPS) is 43.4. The maximum Gasteiger partial charge on any atom is 0.410 e. The molecule has 4 saturated carbocycles. The maximum absolute atomic E-state index is 12.9. The van der Waals surface area contributed by atoms with E-state index >= 15 is 0 Å². The number of fused-ring (bicyclic) bond motifs is 5. The van der Waals surface area contributed by atoms with Gasteiger partial charge in [-0.2, -0.15) is 0 Å². The Balaban J connectivity index is 1.22. The Morgan fingerprint density at radius 2 is 1.81 bits per heavy atom. The molecule has 5 heteroatoms. The van der Waals surface area contributed by atoms with Crippen LogP contribution in [0.4, 0.5) is 4.79 Å². The van der Waals surface area contributed by atoms with Crippen LogP contribution in [0.3, 0.4) is 0 Å². The van der Waals surface area contributed by atoms with Crippen LogP contribution in [0, 0.1) is 41.4 Å². The van der Waals surface area contributed by atoms with Crippen molar-refractivity contribution in [3.8, 4) is 0 Å². The molecule has 6 aliphatic rings. The number of rotatable bonds is 2. The molecular weight excluding hydrogens is 400 g/mol. The molecule has 5 fully saturated rings. The van der Waals surface area contributed by atoms with Crippen LogP contribution in [0.25, 0.3) is 0 Å². The molecule has 1 amide bonds. The molecule has 0 aromatic carbocycles. The minimum atomic E-state index is -0.0988. The van der Waals surface area contributed by atoms with Gasteiger partial charge in [-0.15, -0.1) is 0 Å². The van der Waals surface area contributed by atoms with Gasteiger partial charge >= 0.3 is 6.09 Å². The molecule has 0 bridgehead atoms. The molecule has 8 atom stereocenters. The fourth-order valence-electron chi connectivity index (χ4n) is 8.71. The van der Waals surface area contributed by atoms with E-state index in [9.17, 15) is 4.79 Å². The van der Waals surface area contributed by atoms with Crippen LogP contribution in [-0.4, -0.2) is 49.9 Å². The smallest absolute Gasteiger partial charge is 0.410 e. The summed E-state index contributed by atoms with van der Waals surface area (Å²) in [5.41, 5.74) is 1.35. The number of amides is 1. The van der Waals surface area contributed by atoms with Crippen molar-refractivity contribution in [2.45, 2.75) is 63.9 Å². The summed E-state index contributed by atoms with van der Waals surface area (Å²) >= 11 is 0. The Bertz CT molecular complexity index is 758. The molecule has 4 aliphatic carbocycles. The van der Waals surface area contributed by atoms with Gasteiger partial charge in [0, 0.05) is 26.2 Å². The highest BCUT2D eigenvalue weighted by atomic mass is 16.6. The van der Waals surface area contributed by atoms with E-state index in [1.165, 1.54) is 50.5 Å². The predicted octanol–water partition coefficient (Wildman–Crippen LogP) is 4.75. The molecule has 32 heavy (non-hydrogen) atoms. The Hall–Kier alpha value is -1.49. The first-order valence-electron chi connectivity index (χ1n) is 13.4. The first-order valence-corrected chi connectivity index (χ1v) is 13.4. The fourth-order valence-corrected chi connectivity index (χ4v) is 8.71. The molecule has 0 spiro atoms. The highest BCUT2D eigenvalue weighted by molar-refractivity contribution is 5.68. The molecule has 1 saturated heterocycles. The quantitative estimate of drug-likeness (QED) is 0.673. The molecule has 0 radical (unpaired) electrons. The van der Waals surface area contributed by atoms with E-state index in [0.29, 0.717) is 18.4 Å². The lowest BCUT2D eigenvalue weighted by Gasteiger charge is -2.55. The molecule has 0 aromatic heterocycles. The van der Waals surface area contributed by atoms with Crippen LogP contribution in [0.5, 0.6) is 0 Å². The van der Waals surface area contributed by atoms with E-state index in [0.717, 1.165) is 68.6 Å². The Labute approximate surface area is 193 Å². The van der Waals surface area contributed by atoms with Crippen molar-refractivity contribution in [3.05, 3.63) is 24.0 Å². The standard InChI is InChI=1S/C27H40N2O3/c30-27(29-12-10-28-11-13-29)32-21-15-19-7-8-23-22-5-1-3-18(22)6-9-24(23)26(19)25(16-21)20-4-2-14-31-17-20/h2,4,17-19,21-26,28H,1,3,5-16H2. The highest BCUT2D eigenvalue weighted by Gasteiger charge is 2.53. The number of hydrogen-bond acceptors (Lipinski definition) is 4. The van der Waals surface area contributed by atoms with Gasteiger partial charge in [-0.3, -0.25) is 0 Å². The molecular formula is C27H40N2O3. The minimum absolute atomic E-state index is 0.0410. The van der Waals surface area contributed by atoms with Gasteiger partial charge in [0.1, 0.15) is 12.7 Å². The Kier molecular flexibility index (Phi) is 5.95. The zero-order chi connectivity index (χ0) is 21.5. The lowest BCUT2D eigenvalue weighted by molar-refractivity contribution is -0.0736. The summed E-state index contributed by atoms with van der Waals surface area (Å²) in [5.74, 6) is 5.70. The molecule has 2 heterocycles. The third kappa shape index (κ3) is 3.89. The van der Waals surface area contributed by atoms with E-state index in [2.05, 4.69) is 17.5 Å². The topological polar surface area (TPSA) is 50.8 Å². The third-order valence-corrected chi connectivity index (χ3v) is 9.94. The van der Waals surface area contributed by atoms with E-state index in [1.54, 1.807) is 0 Å². The minimum Gasteiger partial charge on any atom is -0.497 e. The number of ether oxygens (including phenoxy) is 2. The summed E-state index contributed by atoms with van der Waals surface area (Å²) in [7, 11) is 0. The molecule has 8 unspecified atom stereocenters. The van der Waals surface area contributed by atoms with Gasteiger partial charge in [0.05, 0.1) is 6.26 Å². The van der Waals surface area contributed by atoms with Crippen molar-refractivity contribution in [2.75, 3.05) is 32.8 Å². The van der Waals surface area contributed by atoms with Crippen molar-refractivity contribution in [3.63, 3.8) is 0 Å². The average Bonchev–Trinajstić information content (AvgIpc) is 3.33. The summed E-state index contributed by atoms with van der Waals surface area (Å²) in [6.45, 7) is 3.94. The second-order valence-corrected chi connectivity index (χ2v) is 11.3. The number of carbonyl (C=O) groups is 1. The van der Waals surface area contributed by atoms with Crippen molar-refractivity contribution >= 4 is 6.09 Å². The van der Waals surface area contributed by atoms with Crippen LogP contribution in [0.1, 0.15) is 57.8 Å². The number of nitrogens with zero attached hydrogens (tertiary/aromatic N) is 1. The van der Waals surface area contributed by atoms with E-state index in [1.807, 2.05) is 11.2 Å². The highest BCUT2D eigenvalue weighted by Crippen LogP contribution is 2.60. The predicted molar refractivity (Wildman–Crippen MR) is 124 cm³/mol. The van der Waals surface area contributed by atoms with Crippen molar-refractivity contribution in [1.29, 1.82) is 0 Å². The summed E-state index contributed by atoms with van der Waals surface area (Å²) in [6.07, 6.45) is 18.5. The molecule has 176 valence electrons. The van der Waals surface area contributed by atoms with Gasteiger partial charge in [-0.1, -0.05) is 18.9 Å². The molecule has 0 aromatic rings. The third-order valence-electron chi connectivity index (χ3n) is 9.94. The van der Waals surface area contributed by atoms with Crippen LogP contribution in [-0.2, 0) is 9.47 Å². The second-order valence-electron chi connectivity index (χ2n) is 11.3. The van der Waals surface area contributed by atoms with Crippen LogP contribution >= 0.6 is 0 Å². The van der Waals surface area contributed by atoms with Gasteiger partial charge in [0.25, 0.3) is 0 Å². The number of nitrogens with one attached hydrogen (secondary N) is 1. The molecule has 2 aliphatic heterocycles. The van der Waals surface area contributed by atoms with Gasteiger partial charge in [0.2, 0.25) is 0 Å². The van der Waals surface area contributed by atoms with Gasteiger partial charge < -0.3 is 19.7 Å². The lowest BCUT2D eigenvalue weighted by Crippen LogP contribution is -2.51. The van der Waals surface area contributed by atoms with Crippen LogP contribution < -0.4 is 5.32 Å². The molecule has 5 nitrogen and oxygen atoms in total. The van der Waals surface area contributed by atoms with E-state index in [4.69, 9.17) is 9.47 Å². The van der Waals surface area contributed by atoms with Gasteiger partial charge in [-0.25, -0.2) is 4.79 Å². The lowest BCUT2D eigenvalue weighted by atomic mass is 9.50. The van der Waals surface area contributed by atoms with Gasteiger partial charge in [-0.05, 0) is 98.0 Å². The zero-order valence-electron chi connectivity index (χ0n) is 19.4. The van der Waals surface area contributed by atoms with E-state index in [-0.39, 0.29) is 12.2 Å². The van der Waals surface area contributed by atoms with Gasteiger partial charge in [0.15, 0.2) is 0 Å². The fraction of sp³-hybridized carbons (Fsp3) is 0.815. The first kappa shape index (κ1) is 21.1. The largest absolute Gasteiger partial charge is 0.497 e. The second kappa shape index (κ2) is 9.04. The summed E-state index contributed by atoms with van der Waals surface area (Å²) in [6, 6.07) is 0. The Morgan fingerprint density at radius 1 is 0.969 bits per heavy atom. The molecule has 6 rings (SSSR count). The first-order chi connectivity index (χ1) is 15.8. The van der Waals surface area contributed by atoms with Crippen LogP contribution in [0.15, 0.2) is 24.0 Å². The van der Waals surface area contributed by atoms with Crippen molar-refractivity contribution in [2.24, 2.45) is 41.4 Å². The molecule has 1 N–H and O–H groups in total. The van der Waals surface area contributed by atoms with Crippen molar-refractivity contribution in [1.82, 2.24) is 10.2 Å². The summed E-state index contributed by atoms with van der Waals surface area (Å²) in [5, 5.41) is 3.32. The number of allylic oxidation sites excluding steroid dienone is 2. The van der Waals surface area contributed by atoms with E-state index < -0.39 is 0 Å². The number of carbonyl (C=O) groups excluding carboxylic acids is 1. The summed E-state index contributed by atoms with van der Waals surface area (Å²) in [4.78, 5) is 14.8. The summed E-state index contributed by atoms with van der Waals surface area (Å²) < 4.78 is 11.9.